The maximum Gasteiger partial charge on any atom is 0.223 e. The van der Waals surface area contributed by atoms with Crippen molar-refractivity contribution in [3.8, 4) is 0 Å². The number of hydrogen-bond donors (Lipinski definition) is 0. The third-order valence-electron chi connectivity index (χ3n) is 2.65. The molecule has 1 saturated heterocycles. The molecule has 17 heavy (non-hydrogen) atoms. The van der Waals surface area contributed by atoms with Gasteiger partial charge in [-0.1, -0.05) is 11.8 Å². The zero-order valence-electron chi connectivity index (χ0n) is 9.59. The normalized spacial score (nSPS) is 19.9. The zero-order valence-corrected chi connectivity index (χ0v) is 11.2. The number of likely N-dealkylation sites (tertiary alicyclic amines) is 1. The van der Waals surface area contributed by atoms with Gasteiger partial charge < -0.3 is 4.90 Å². The fourth-order valence-electron chi connectivity index (χ4n) is 1.86. The Balaban J connectivity index is 1.85. The minimum atomic E-state index is 0.121. The van der Waals surface area contributed by atoms with Gasteiger partial charge in [-0.15, -0.1) is 11.3 Å². The number of aromatic nitrogens is 1. The second-order valence-corrected chi connectivity index (χ2v) is 6.04. The Morgan fingerprint density at radius 1 is 1.71 bits per heavy atom. The fraction of sp³-hybridized carbons (Fsp3) is 0.545. The first-order chi connectivity index (χ1) is 8.15. The maximum absolute atomic E-state index is 11.8. The first-order valence-corrected chi connectivity index (χ1v) is 7.36. The van der Waals surface area contributed by atoms with Crippen LogP contribution in [0.4, 0.5) is 0 Å². The summed E-state index contributed by atoms with van der Waals surface area (Å²) < 4.78 is 0. The molecule has 0 radical (unpaired) electrons. The molecule has 4 nitrogen and oxygen atoms in total. The number of rotatable bonds is 4. The van der Waals surface area contributed by atoms with Gasteiger partial charge in [-0.2, -0.15) is 0 Å². The van der Waals surface area contributed by atoms with Gasteiger partial charge in [0.1, 0.15) is 0 Å². The Morgan fingerprint density at radius 3 is 3.18 bits per heavy atom. The third kappa shape index (κ3) is 3.54. The van der Waals surface area contributed by atoms with E-state index in [1.807, 2.05) is 10.3 Å². The van der Waals surface area contributed by atoms with Gasteiger partial charge in [0.2, 0.25) is 5.91 Å². The van der Waals surface area contributed by atoms with E-state index >= 15 is 0 Å². The van der Waals surface area contributed by atoms with Crippen LogP contribution in [0.2, 0.25) is 0 Å². The van der Waals surface area contributed by atoms with Crippen molar-refractivity contribution < 1.29 is 9.59 Å². The number of carbonyl (C=O) groups is 2. The van der Waals surface area contributed by atoms with E-state index in [9.17, 15) is 9.59 Å². The second-order valence-electron chi connectivity index (χ2n) is 4.13. The minimum Gasteiger partial charge on any atom is -0.336 e. The average molecular weight is 270 g/mol. The maximum atomic E-state index is 11.8. The van der Waals surface area contributed by atoms with Crippen LogP contribution in [0.1, 0.15) is 19.0 Å². The zero-order chi connectivity index (χ0) is 12.3. The van der Waals surface area contributed by atoms with Crippen LogP contribution in [0.3, 0.4) is 0 Å². The van der Waals surface area contributed by atoms with Gasteiger partial charge in [-0.25, -0.2) is 4.98 Å². The van der Waals surface area contributed by atoms with Crippen molar-refractivity contribution in [1.29, 1.82) is 0 Å². The number of carbonyl (C=O) groups excluding carboxylic acids is 2. The van der Waals surface area contributed by atoms with E-state index in [0.29, 0.717) is 18.9 Å². The van der Waals surface area contributed by atoms with Crippen LogP contribution >= 0.6 is 23.1 Å². The van der Waals surface area contributed by atoms with E-state index in [4.69, 9.17) is 0 Å². The Labute approximate surface area is 108 Å². The molecular weight excluding hydrogens is 256 g/mol. The molecule has 1 aromatic rings. The van der Waals surface area contributed by atoms with Crippen LogP contribution in [-0.2, 0) is 16.1 Å². The number of thiazole rings is 1. The Kier molecular flexibility index (Phi) is 4.17. The highest BCUT2D eigenvalue weighted by Crippen LogP contribution is 2.23. The molecule has 1 amide bonds. The molecule has 1 atom stereocenters. The topological polar surface area (TPSA) is 50.3 Å². The van der Waals surface area contributed by atoms with Crippen LogP contribution in [0.5, 0.6) is 0 Å². The number of amides is 1. The van der Waals surface area contributed by atoms with Gasteiger partial charge in [0.15, 0.2) is 5.12 Å². The summed E-state index contributed by atoms with van der Waals surface area (Å²) in [7, 11) is 0. The molecule has 0 aliphatic carbocycles. The van der Waals surface area contributed by atoms with Crippen LogP contribution in [0, 0.1) is 5.92 Å². The lowest BCUT2D eigenvalue weighted by Gasteiger charge is -2.14. The summed E-state index contributed by atoms with van der Waals surface area (Å²) in [6.45, 7) is 2.91. The summed E-state index contributed by atoms with van der Waals surface area (Å²) in [5.41, 5.74) is 2.72. The predicted molar refractivity (Wildman–Crippen MR) is 68.8 cm³/mol. The molecule has 92 valence electrons. The number of hydrogen-bond acceptors (Lipinski definition) is 5. The standard InChI is InChI=1S/C11H14N2O2S2/c1-8(14)17-5-9-2-11(15)13(3-9)4-10-6-16-7-12-10/h6-7,9H,2-5H2,1H3. The van der Waals surface area contributed by atoms with E-state index in [2.05, 4.69) is 4.98 Å². The summed E-state index contributed by atoms with van der Waals surface area (Å²) in [6, 6.07) is 0. The molecule has 0 aromatic carbocycles. The van der Waals surface area contributed by atoms with Gasteiger partial charge in [-0.3, -0.25) is 9.59 Å². The second kappa shape index (κ2) is 5.64. The van der Waals surface area contributed by atoms with Gasteiger partial charge >= 0.3 is 0 Å². The van der Waals surface area contributed by atoms with Crippen molar-refractivity contribution >= 4 is 34.1 Å². The molecule has 1 aliphatic heterocycles. The number of nitrogens with zero attached hydrogens (tertiary/aromatic N) is 2. The summed E-state index contributed by atoms with van der Waals surface area (Å²) in [5.74, 6) is 1.22. The molecule has 6 heteroatoms. The Hall–Kier alpha value is -0.880. The van der Waals surface area contributed by atoms with E-state index in [1.165, 1.54) is 11.8 Å². The minimum absolute atomic E-state index is 0.121. The van der Waals surface area contributed by atoms with E-state index < -0.39 is 0 Å². The highest BCUT2D eigenvalue weighted by molar-refractivity contribution is 8.13. The van der Waals surface area contributed by atoms with Crippen LogP contribution in [0.25, 0.3) is 0 Å². The molecule has 2 heterocycles. The molecule has 0 bridgehead atoms. The monoisotopic (exact) mass is 270 g/mol. The van der Waals surface area contributed by atoms with Gasteiger partial charge in [0.05, 0.1) is 17.7 Å². The van der Waals surface area contributed by atoms with E-state index in [0.717, 1.165) is 18.0 Å². The van der Waals surface area contributed by atoms with Crippen molar-refractivity contribution in [1.82, 2.24) is 9.88 Å². The van der Waals surface area contributed by atoms with Crippen LogP contribution in [0.15, 0.2) is 10.9 Å². The quantitative estimate of drug-likeness (QED) is 0.836. The highest BCUT2D eigenvalue weighted by atomic mass is 32.2. The van der Waals surface area contributed by atoms with E-state index in [1.54, 1.807) is 23.8 Å². The molecule has 0 spiro atoms. The van der Waals surface area contributed by atoms with Gasteiger partial charge in [-0.05, 0) is 5.92 Å². The molecule has 0 saturated carbocycles. The molecule has 1 unspecified atom stereocenters. The number of thioether (sulfide) groups is 1. The lowest BCUT2D eigenvalue weighted by Crippen LogP contribution is -2.24. The van der Waals surface area contributed by atoms with Crippen LogP contribution < -0.4 is 0 Å². The summed E-state index contributed by atoms with van der Waals surface area (Å²) in [4.78, 5) is 28.7. The third-order valence-corrected chi connectivity index (χ3v) is 4.33. The predicted octanol–water partition coefficient (Wildman–Crippen LogP) is 1.77. The van der Waals surface area contributed by atoms with Gasteiger partial charge in [0.25, 0.3) is 0 Å². The Bertz CT molecular complexity index is 406. The van der Waals surface area contributed by atoms with Crippen molar-refractivity contribution in [2.24, 2.45) is 5.92 Å². The largest absolute Gasteiger partial charge is 0.336 e. The fourth-order valence-corrected chi connectivity index (χ4v) is 3.11. The lowest BCUT2D eigenvalue weighted by atomic mass is 10.1. The smallest absolute Gasteiger partial charge is 0.223 e. The first kappa shape index (κ1) is 12.6. The summed E-state index contributed by atoms with van der Waals surface area (Å²) in [6.07, 6.45) is 0.560. The SMILES string of the molecule is CC(=O)SCC1CC(=O)N(Cc2cscn2)C1. The summed E-state index contributed by atoms with van der Waals surface area (Å²) >= 11 is 2.85. The Morgan fingerprint density at radius 2 is 2.53 bits per heavy atom. The highest BCUT2D eigenvalue weighted by Gasteiger charge is 2.29. The van der Waals surface area contributed by atoms with Crippen molar-refractivity contribution in [3.05, 3.63) is 16.6 Å². The van der Waals surface area contributed by atoms with Gasteiger partial charge in [0, 0.05) is 31.0 Å². The van der Waals surface area contributed by atoms with Crippen molar-refractivity contribution in [3.63, 3.8) is 0 Å². The molecular formula is C11H14N2O2S2. The molecule has 1 aliphatic rings. The molecule has 1 aromatic heterocycles. The summed E-state index contributed by atoms with van der Waals surface area (Å²) in [5, 5.41) is 2.08. The van der Waals surface area contributed by atoms with Crippen LogP contribution in [-0.4, -0.2) is 33.2 Å². The van der Waals surface area contributed by atoms with Crippen molar-refractivity contribution in [2.45, 2.75) is 19.9 Å². The first-order valence-electron chi connectivity index (χ1n) is 5.43. The lowest BCUT2D eigenvalue weighted by molar-refractivity contribution is -0.128. The average Bonchev–Trinajstić information content (AvgIpc) is 2.87. The molecule has 2 rings (SSSR count). The van der Waals surface area contributed by atoms with E-state index in [-0.39, 0.29) is 11.0 Å². The molecule has 1 fully saturated rings. The van der Waals surface area contributed by atoms with Crippen molar-refractivity contribution in [2.75, 3.05) is 12.3 Å². The molecule has 0 N–H and O–H groups in total.